The van der Waals surface area contributed by atoms with E-state index in [0.29, 0.717) is 16.4 Å². The molecule has 0 atom stereocenters. The molecule has 27 heavy (non-hydrogen) atoms. The Morgan fingerprint density at radius 2 is 2.00 bits per heavy atom. The molecular formula is C19H13AsClN5O. The van der Waals surface area contributed by atoms with Gasteiger partial charge in [0.15, 0.2) is 0 Å². The number of nitrogens with one attached hydrogen (secondary N) is 1. The summed E-state index contributed by atoms with van der Waals surface area (Å²) in [6.45, 7) is 0. The van der Waals surface area contributed by atoms with E-state index >= 15 is 0 Å². The number of imidazole rings is 1. The van der Waals surface area contributed by atoms with Gasteiger partial charge >= 0.3 is 169 Å². The number of halogens is 1. The van der Waals surface area contributed by atoms with Crippen LogP contribution in [-0.4, -0.2) is 49.4 Å². The summed E-state index contributed by atoms with van der Waals surface area (Å²) in [6, 6.07) is 13.0. The zero-order valence-electron chi connectivity index (χ0n) is 14.2. The number of benzene rings is 1. The predicted octanol–water partition coefficient (Wildman–Crippen LogP) is 2.27. The number of hydrogen-bond acceptors (Lipinski definition) is 4. The van der Waals surface area contributed by atoms with Gasteiger partial charge in [0.25, 0.3) is 0 Å². The van der Waals surface area contributed by atoms with Crippen LogP contribution in [0, 0.1) is 0 Å². The van der Waals surface area contributed by atoms with Crippen molar-refractivity contribution in [3.63, 3.8) is 0 Å². The zero-order chi connectivity index (χ0) is 19.0. The molecule has 0 unspecified atom stereocenters. The van der Waals surface area contributed by atoms with Crippen molar-refractivity contribution in [2.24, 2.45) is 0 Å². The number of amides is 1. The molecule has 6 nitrogen and oxygen atoms in total. The van der Waals surface area contributed by atoms with Crippen LogP contribution in [-0.2, 0) is 0 Å². The molecule has 0 saturated carbocycles. The molecule has 0 saturated heterocycles. The van der Waals surface area contributed by atoms with E-state index < -0.39 is 0 Å². The molecule has 0 bridgehead atoms. The number of pyridine rings is 1. The third-order valence-electron chi connectivity index (χ3n) is 4.14. The van der Waals surface area contributed by atoms with Crippen LogP contribution in [0.5, 0.6) is 0 Å². The molecule has 1 amide bonds. The second kappa shape index (κ2) is 7.14. The molecule has 0 aliphatic rings. The molecule has 3 heterocycles. The Hall–Kier alpha value is -2.69. The molecule has 8 heteroatoms. The van der Waals surface area contributed by atoms with E-state index in [-0.39, 0.29) is 5.91 Å². The summed E-state index contributed by atoms with van der Waals surface area (Å²) in [5.41, 5.74) is 4.81. The van der Waals surface area contributed by atoms with Crippen molar-refractivity contribution in [2.45, 2.75) is 0 Å². The third-order valence-corrected chi connectivity index (χ3v) is 5.00. The van der Waals surface area contributed by atoms with Crippen molar-refractivity contribution in [1.29, 1.82) is 0 Å². The molecule has 0 spiro atoms. The van der Waals surface area contributed by atoms with Gasteiger partial charge in [-0.25, -0.2) is 0 Å². The van der Waals surface area contributed by atoms with Gasteiger partial charge in [-0.1, -0.05) is 0 Å². The van der Waals surface area contributed by atoms with E-state index in [1.807, 2.05) is 30.3 Å². The first-order valence-corrected chi connectivity index (χ1v) is 9.40. The van der Waals surface area contributed by atoms with E-state index in [9.17, 15) is 4.79 Å². The summed E-state index contributed by atoms with van der Waals surface area (Å²) in [7, 11) is 1.61. The predicted molar refractivity (Wildman–Crippen MR) is 105 cm³/mol. The summed E-state index contributed by atoms with van der Waals surface area (Å²) in [6.07, 6.45) is 3.42. The normalized spacial score (nSPS) is 10.9. The third kappa shape index (κ3) is 3.34. The number of rotatable bonds is 3. The maximum absolute atomic E-state index is 11.9. The number of hydrogen-bond donors (Lipinski definition) is 1. The first kappa shape index (κ1) is 17.7. The van der Waals surface area contributed by atoms with Crippen molar-refractivity contribution in [1.82, 2.24) is 24.9 Å². The number of aromatic nitrogens is 4. The summed E-state index contributed by atoms with van der Waals surface area (Å²) in [5.74, 6) is -0.128. The number of nitrogens with zero attached hydrogens (tertiary/aromatic N) is 4. The molecule has 3 aromatic heterocycles. The van der Waals surface area contributed by atoms with Gasteiger partial charge in [-0.2, -0.15) is 0 Å². The van der Waals surface area contributed by atoms with Gasteiger partial charge in [-0.15, -0.1) is 0 Å². The minimum absolute atomic E-state index is 0.128. The average Bonchev–Trinajstić information content (AvgIpc) is 3.02. The molecule has 1 aromatic carbocycles. The van der Waals surface area contributed by atoms with Crippen LogP contribution >= 0.6 is 11.6 Å². The SMILES string of the molecule is CNC(=O)c1cccc(-c2cnn3c(-c4ccnc(Cl)c4)c([As])nc3c2)c1. The maximum atomic E-state index is 11.9. The first-order valence-electron chi connectivity index (χ1n) is 8.09. The van der Waals surface area contributed by atoms with Crippen LogP contribution in [0.4, 0.5) is 0 Å². The van der Waals surface area contributed by atoms with Crippen LogP contribution in [0.3, 0.4) is 0 Å². The quantitative estimate of drug-likeness (QED) is 0.394. The van der Waals surface area contributed by atoms with Gasteiger partial charge in [0.05, 0.1) is 0 Å². The topological polar surface area (TPSA) is 72.2 Å². The van der Waals surface area contributed by atoms with Crippen molar-refractivity contribution in [2.75, 3.05) is 7.05 Å². The fourth-order valence-corrected chi connectivity index (χ4v) is 3.73. The Morgan fingerprint density at radius 3 is 2.78 bits per heavy atom. The Labute approximate surface area is 169 Å². The van der Waals surface area contributed by atoms with Gasteiger partial charge in [0.2, 0.25) is 0 Å². The molecule has 132 valence electrons. The minimum atomic E-state index is -0.128. The van der Waals surface area contributed by atoms with Gasteiger partial charge < -0.3 is 0 Å². The van der Waals surface area contributed by atoms with Gasteiger partial charge in [0.1, 0.15) is 0 Å². The molecule has 0 aliphatic heterocycles. The molecule has 2 radical (unpaired) electrons. The summed E-state index contributed by atoms with van der Waals surface area (Å²) < 4.78 is 2.55. The Kier molecular flexibility index (Phi) is 4.68. The first-order chi connectivity index (χ1) is 13.1. The molecule has 0 aliphatic carbocycles. The monoisotopic (exact) mass is 437 g/mol. The van der Waals surface area contributed by atoms with Gasteiger partial charge in [-0.3, -0.25) is 0 Å². The van der Waals surface area contributed by atoms with Crippen molar-refractivity contribution >= 4 is 44.5 Å². The van der Waals surface area contributed by atoms with Crippen LogP contribution in [0.1, 0.15) is 10.4 Å². The Balaban J connectivity index is 1.82. The summed E-state index contributed by atoms with van der Waals surface area (Å²) >= 11 is 8.48. The second-order valence-corrected chi connectivity index (χ2v) is 7.10. The molecule has 1 N–H and O–H groups in total. The Bertz CT molecular complexity index is 1170. The molecular weight excluding hydrogens is 425 g/mol. The van der Waals surface area contributed by atoms with Gasteiger partial charge in [0, 0.05) is 0 Å². The van der Waals surface area contributed by atoms with Crippen LogP contribution in [0.25, 0.3) is 28.0 Å². The van der Waals surface area contributed by atoms with Crippen molar-refractivity contribution < 1.29 is 4.79 Å². The standard InChI is InChI=1S/C19H13AsClN5O/c1-22-19(27)13-4-2-3-11(7-13)14-9-16-25-18(20)17(26(16)24-10-14)12-5-6-23-15(21)8-12/h2-10H,1H3,(H,22,27). The van der Waals surface area contributed by atoms with E-state index in [1.165, 1.54) is 0 Å². The zero-order valence-corrected chi connectivity index (χ0v) is 16.9. The molecule has 0 fully saturated rings. The Morgan fingerprint density at radius 1 is 1.15 bits per heavy atom. The molecule has 4 aromatic rings. The summed E-state index contributed by atoms with van der Waals surface area (Å²) in [4.78, 5) is 20.5. The van der Waals surface area contributed by atoms with Crippen LogP contribution in [0.15, 0.2) is 54.9 Å². The average molecular weight is 438 g/mol. The van der Waals surface area contributed by atoms with Gasteiger partial charge in [-0.05, 0) is 0 Å². The molecule has 4 rings (SSSR count). The summed E-state index contributed by atoms with van der Waals surface area (Å²) in [5, 5.41) is 7.61. The van der Waals surface area contributed by atoms with E-state index in [0.717, 1.165) is 26.9 Å². The van der Waals surface area contributed by atoms with Crippen molar-refractivity contribution in [3.8, 4) is 22.4 Å². The fourth-order valence-electron chi connectivity index (χ4n) is 2.87. The van der Waals surface area contributed by atoms with Crippen LogP contribution in [0.2, 0.25) is 5.15 Å². The van der Waals surface area contributed by atoms with E-state index in [2.05, 4.69) is 37.2 Å². The second-order valence-electron chi connectivity index (χ2n) is 5.83. The number of carbonyl (C=O) groups excluding carboxylic acids is 1. The van der Waals surface area contributed by atoms with Crippen molar-refractivity contribution in [3.05, 3.63) is 65.6 Å². The fraction of sp³-hybridized carbons (Fsp3) is 0.0526. The van der Waals surface area contributed by atoms with E-state index in [4.69, 9.17) is 11.6 Å². The number of fused-ring (bicyclic) bond motifs is 1. The van der Waals surface area contributed by atoms with E-state index in [1.54, 1.807) is 36.1 Å². The number of carbonyl (C=O) groups is 1. The van der Waals surface area contributed by atoms with Crippen LogP contribution < -0.4 is 9.80 Å².